The van der Waals surface area contributed by atoms with Crippen LogP contribution in [0.5, 0.6) is 0 Å². The number of aromatic nitrogens is 5. The van der Waals surface area contributed by atoms with E-state index in [2.05, 4.69) is 16.0 Å². The van der Waals surface area contributed by atoms with Gasteiger partial charge in [-0.25, -0.2) is 15.0 Å². The highest BCUT2D eigenvalue weighted by Gasteiger charge is 2.44. The third kappa shape index (κ3) is 4.95. The summed E-state index contributed by atoms with van der Waals surface area (Å²) in [5, 5.41) is 0.937. The smallest absolute Gasteiger partial charge is 0.256 e. The molecule has 5 aromatic carbocycles. The summed E-state index contributed by atoms with van der Waals surface area (Å²) in [6.07, 6.45) is 3.50. The van der Waals surface area contributed by atoms with Crippen LogP contribution in [0, 0.1) is 0 Å². The highest BCUT2D eigenvalue weighted by molar-refractivity contribution is 5.98. The first kappa shape index (κ1) is 28.7. The molecule has 49 heavy (non-hydrogen) atoms. The zero-order chi connectivity index (χ0) is 33.0. The predicted molar refractivity (Wildman–Crippen MR) is 189 cm³/mol. The van der Waals surface area contributed by atoms with E-state index in [9.17, 15) is 0 Å². The molecule has 3 aromatic heterocycles. The van der Waals surface area contributed by atoms with Crippen LogP contribution in [0.1, 0.15) is 11.1 Å². The zero-order valence-corrected chi connectivity index (χ0v) is 25.9. The Hall–Kier alpha value is -6.47. The monoisotopic (exact) mass is 637 g/mol. The van der Waals surface area contributed by atoms with E-state index < -0.39 is 5.92 Å². The van der Waals surface area contributed by atoms with Crippen LogP contribution >= 0.6 is 0 Å². The minimum absolute atomic E-state index is 0.0351. The van der Waals surface area contributed by atoms with Crippen LogP contribution in [-0.4, -0.2) is 24.9 Å². The SMILES string of the molecule is FC1(F)c2ccc(-c3nc(-c4ccccc4)nc(-c4ccccc4)n3)cc2-c2cc(-c3cc(-c4ccccn4)cc4cccnc34)ccc21. The number of rotatable bonds is 5. The Morgan fingerprint density at radius 1 is 0.408 bits per heavy atom. The van der Waals surface area contributed by atoms with Crippen molar-refractivity contribution in [2.24, 2.45) is 0 Å². The van der Waals surface area contributed by atoms with Crippen LogP contribution in [0.25, 0.3) is 78.6 Å². The van der Waals surface area contributed by atoms with Crippen molar-refractivity contribution >= 4 is 10.9 Å². The predicted octanol–water partition coefficient (Wildman–Crippen LogP) is 10.3. The van der Waals surface area contributed by atoms with Gasteiger partial charge in [0.25, 0.3) is 5.92 Å². The van der Waals surface area contributed by atoms with Crippen LogP contribution in [0.4, 0.5) is 8.78 Å². The number of alkyl halides is 2. The second kappa shape index (κ2) is 11.3. The van der Waals surface area contributed by atoms with E-state index in [0.717, 1.165) is 44.4 Å². The maximum Gasteiger partial charge on any atom is 0.299 e. The molecular formula is C42H25F2N5. The normalized spacial score (nSPS) is 12.9. The Labute approximate surface area is 280 Å². The maximum atomic E-state index is 16.0. The van der Waals surface area contributed by atoms with Gasteiger partial charge in [0, 0.05) is 56.7 Å². The van der Waals surface area contributed by atoms with Crippen molar-refractivity contribution < 1.29 is 8.78 Å². The summed E-state index contributed by atoms with van der Waals surface area (Å²) in [6.45, 7) is 0. The second-order valence-corrected chi connectivity index (χ2v) is 11.9. The molecule has 0 spiro atoms. The van der Waals surface area contributed by atoms with Crippen molar-refractivity contribution in [3.63, 3.8) is 0 Å². The van der Waals surface area contributed by atoms with Gasteiger partial charge >= 0.3 is 0 Å². The Morgan fingerprint density at radius 3 is 1.59 bits per heavy atom. The van der Waals surface area contributed by atoms with E-state index in [-0.39, 0.29) is 11.1 Å². The number of fused-ring (bicyclic) bond motifs is 4. The second-order valence-electron chi connectivity index (χ2n) is 11.9. The van der Waals surface area contributed by atoms with Crippen LogP contribution in [0.2, 0.25) is 0 Å². The first-order chi connectivity index (χ1) is 24.0. The number of pyridine rings is 2. The molecule has 0 unspecified atom stereocenters. The van der Waals surface area contributed by atoms with E-state index in [1.165, 1.54) is 12.1 Å². The molecule has 5 nitrogen and oxygen atoms in total. The highest BCUT2D eigenvalue weighted by Crippen LogP contribution is 2.53. The van der Waals surface area contributed by atoms with E-state index in [0.29, 0.717) is 34.2 Å². The Kier molecular flexibility index (Phi) is 6.65. The lowest BCUT2D eigenvalue weighted by atomic mass is 9.94. The van der Waals surface area contributed by atoms with Gasteiger partial charge in [0.1, 0.15) is 0 Å². The summed E-state index contributed by atoms with van der Waals surface area (Å²) < 4.78 is 32.1. The lowest BCUT2D eigenvalue weighted by molar-refractivity contribution is 0.0480. The molecule has 1 aliphatic rings. The van der Waals surface area contributed by atoms with Crippen LogP contribution < -0.4 is 0 Å². The van der Waals surface area contributed by atoms with Crippen LogP contribution in [0.3, 0.4) is 0 Å². The molecule has 232 valence electrons. The third-order valence-corrected chi connectivity index (χ3v) is 8.94. The minimum Gasteiger partial charge on any atom is -0.256 e. The Morgan fingerprint density at radius 2 is 0.959 bits per heavy atom. The van der Waals surface area contributed by atoms with E-state index >= 15 is 8.78 Å². The number of hydrogen-bond acceptors (Lipinski definition) is 5. The summed E-state index contributed by atoms with van der Waals surface area (Å²) in [7, 11) is 0. The van der Waals surface area contributed by atoms with Crippen LogP contribution in [-0.2, 0) is 5.92 Å². The molecule has 3 heterocycles. The molecule has 0 radical (unpaired) electrons. The molecule has 7 heteroatoms. The van der Waals surface area contributed by atoms with Crippen molar-refractivity contribution in [1.82, 2.24) is 24.9 Å². The first-order valence-electron chi connectivity index (χ1n) is 15.9. The van der Waals surface area contributed by atoms with E-state index in [1.807, 2.05) is 103 Å². The van der Waals surface area contributed by atoms with Gasteiger partial charge in [-0.05, 0) is 59.2 Å². The highest BCUT2D eigenvalue weighted by atomic mass is 19.3. The summed E-state index contributed by atoms with van der Waals surface area (Å²) in [5.74, 6) is -1.75. The fraction of sp³-hybridized carbons (Fsp3) is 0.0238. The molecule has 1 aliphatic carbocycles. The lowest BCUT2D eigenvalue weighted by Gasteiger charge is -2.14. The molecule has 0 N–H and O–H groups in total. The van der Waals surface area contributed by atoms with Gasteiger partial charge in [-0.15, -0.1) is 0 Å². The van der Waals surface area contributed by atoms with Crippen molar-refractivity contribution in [3.05, 3.63) is 163 Å². The average molecular weight is 638 g/mol. The zero-order valence-electron chi connectivity index (χ0n) is 25.9. The summed E-state index contributed by atoms with van der Waals surface area (Å²) >= 11 is 0. The fourth-order valence-electron chi connectivity index (χ4n) is 6.56. The van der Waals surface area contributed by atoms with E-state index in [1.54, 1.807) is 30.6 Å². The van der Waals surface area contributed by atoms with Crippen molar-refractivity contribution in [2.45, 2.75) is 5.92 Å². The topological polar surface area (TPSA) is 64.5 Å². The van der Waals surface area contributed by atoms with Gasteiger partial charge in [-0.2, -0.15) is 8.78 Å². The molecule has 0 aliphatic heterocycles. The molecule has 8 aromatic rings. The van der Waals surface area contributed by atoms with E-state index in [4.69, 9.17) is 15.0 Å². The quantitative estimate of drug-likeness (QED) is 0.188. The number of halogens is 2. The molecule has 0 fully saturated rings. The molecule has 0 saturated carbocycles. The molecule has 0 amide bonds. The average Bonchev–Trinajstić information content (AvgIpc) is 3.40. The van der Waals surface area contributed by atoms with Gasteiger partial charge in [0.05, 0.1) is 11.2 Å². The number of hydrogen-bond donors (Lipinski definition) is 0. The molecular weight excluding hydrogens is 612 g/mol. The van der Waals surface area contributed by atoms with Gasteiger partial charge in [-0.3, -0.25) is 9.97 Å². The number of nitrogens with zero attached hydrogens (tertiary/aromatic N) is 5. The van der Waals surface area contributed by atoms with Gasteiger partial charge < -0.3 is 0 Å². The number of benzene rings is 5. The lowest BCUT2D eigenvalue weighted by Crippen LogP contribution is -2.10. The van der Waals surface area contributed by atoms with Crippen molar-refractivity contribution in [2.75, 3.05) is 0 Å². The molecule has 0 bridgehead atoms. The Balaban J connectivity index is 1.21. The van der Waals surface area contributed by atoms with Gasteiger partial charge in [0.2, 0.25) is 0 Å². The maximum absolute atomic E-state index is 16.0. The minimum atomic E-state index is -3.17. The summed E-state index contributed by atoms with van der Waals surface area (Å²) in [5.41, 5.74) is 7.26. The first-order valence-corrected chi connectivity index (χ1v) is 15.9. The van der Waals surface area contributed by atoms with Gasteiger partial charge in [-0.1, -0.05) is 97.1 Å². The standard InChI is InChI=1S/C42H25F2N5/c43-42(44)35-18-16-28(32-25-31(37-15-7-8-20-45-37)22-29-14-9-21-46-38(29)32)23-33(35)34-24-30(17-19-36(34)42)41-48-39(26-10-3-1-4-11-26)47-40(49-41)27-12-5-2-6-13-27/h1-25H. The van der Waals surface area contributed by atoms with Crippen LogP contribution in [0.15, 0.2) is 152 Å². The molecule has 9 rings (SSSR count). The summed E-state index contributed by atoms with van der Waals surface area (Å²) in [6, 6.07) is 43.2. The third-order valence-electron chi connectivity index (χ3n) is 8.94. The Bertz CT molecular complexity index is 2460. The largest absolute Gasteiger partial charge is 0.299 e. The van der Waals surface area contributed by atoms with Crippen molar-refractivity contribution in [1.29, 1.82) is 0 Å². The fourth-order valence-corrected chi connectivity index (χ4v) is 6.56. The van der Waals surface area contributed by atoms with Crippen molar-refractivity contribution in [3.8, 4) is 67.7 Å². The van der Waals surface area contributed by atoms with Gasteiger partial charge in [0.15, 0.2) is 17.5 Å². The molecule has 0 atom stereocenters. The summed E-state index contributed by atoms with van der Waals surface area (Å²) in [4.78, 5) is 23.7. The molecule has 0 saturated heterocycles.